The van der Waals surface area contributed by atoms with Crippen LogP contribution < -0.4 is 0 Å². The van der Waals surface area contributed by atoms with E-state index in [1.54, 1.807) is 6.26 Å². The van der Waals surface area contributed by atoms with Crippen molar-refractivity contribution >= 4 is 22.8 Å². The van der Waals surface area contributed by atoms with Gasteiger partial charge in [-0.1, -0.05) is 11.8 Å². The van der Waals surface area contributed by atoms with Crippen molar-refractivity contribution in [3.8, 4) is 0 Å². The van der Waals surface area contributed by atoms with Gasteiger partial charge in [0.05, 0.1) is 18.6 Å². The van der Waals surface area contributed by atoms with E-state index in [0.717, 1.165) is 0 Å². The first-order valence-electron chi connectivity index (χ1n) is 5.02. The fourth-order valence-electron chi connectivity index (χ4n) is 1.50. The normalized spacial score (nSPS) is 17.6. The summed E-state index contributed by atoms with van der Waals surface area (Å²) >= 11 is 1.26. The molecule has 15 heavy (non-hydrogen) atoms. The van der Waals surface area contributed by atoms with E-state index >= 15 is 0 Å². The maximum atomic E-state index is 11.2. The van der Waals surface area contributed by atoms with Gasteiger partial charge in [0.1, 0.15) is 0 Å². The summed E-state index contributed by atoms with van der Waals surface area (Å²) in [5, 5.41) is 0.212. The lowest BCUT2D eigenvalue weighted by molar-refractivity contribution is -0.151. The van der Waals surface area contributed by atoms with E-state index in [1.807, 2.05) is 18.7 Å². The lowest BCUT2D eigenvalue weighted by Crippen LogP contribution is -2.51. The molecule has 1 fully saturated rings. The summed E-state index contributed by atoms with van der Waals surface area (Å²) in [6.45, 7) is 5.33. The second-order valence-corrected chi connectivity index (χ2v) is 4.76. The van der Waals surface area contributed by atoms with E-state index in [0.29, 0.717) is 19.6 Å². The van der Waals surface area contributed by atoms with E-state index < -0.39 is 0 Å². The van der Waals surface area contributed by atoms with E-state index in [1.165, 1.54) is 11.8 Å². The van der Waals surface area contributed by atoms with Gasteiger partial charge in [0.25, 0.3) is 0 Å². The van der Waals surface area contributed by atoms with Crippen molar-refractivity contribution < 1.29 is 14.3 Å². The van der Waals surface area contributed by atoms with Crippen LogP contribution in [0.3, 0.4) is 0 Å². The number of ether oxygens (including phenoxy) is 1. The first-order valence-corrected chi connectivity index (χ1v) is 6.25. The molecule has 1 heterocycles. The molecule has 4 nitrogen and oxygen atoms in total. The molecule has 0 aromatic heterocycles. The highest BCUT2D eigenvalue weighted by Crippen LogP contribution is 2.20. The van der Waals surface area contributed by atoms with Crippen molar-refractivity contribution in [2.24, 2.45) is 5.92 Å². The maximum Gasteiger partial charge on any atom is 0.320 e. The molecule has 0 atom stereocenters. The fourth-order valence-corrected chi connectivity index (χ4v) is 1.98. The Morgan fingerprint density at radius 1 is 1.47 bits per heavy atom. The molecular formula is C10H17NO3S. The number of nitrogens with zero attached hydrogens (tertiary/aromatic N) is 1. The van der Waals surface area contributed by atoms with Crippen molar-refractivity contribution in [3.63, 3.8) is 0 Å². The molecule has 86 valence electrons. The molecule has 1 aliphatic heterocycles. The Morgan fingerprint density at radius 3 is 2.53 bits per heavy atom. The molecule has 1 saturated heterocycles. The molecule has 1 aliphatic rings. The smallest absolute Gasteiger partial charge is 0.320 e. The predicted octanol–water partition coefficient (Wildman–Crippen LogP) is 0.759. The van der Waals surface area contributed by atoms with Crippen LogP contribution in [-0.2, 0) is 14.3 Å². The van der Waals surface area contributed by atoms with Crippen molar-refractivity contribution in [3.05, 3.63) is 0 Å². The monoisotopic (exact) mass is 231 g/mol. The molecule has 0 spiro atoms. The summed E-state index contributed by atoms with van der Waals surface area (Å²) in [5.41, 5.74) is 0. The number of esters is 1. The van der Waals surface area contributed by atoms with Crippen molar-refractivity contribution in [1.82, 2.24) is 4.90 Å². The molecule has 0 aromatic rings. The Labute approximate surface area is 94.3 Å². The van der Waals surface area contributed by atoms with Crippen LogP contribution in [-0.4, -0.2) is 48.0 Å². The largest absolute Gasteiger partial charge is 0.462 e. The van der Waals surface area contributed by atoms with E-state index in [9.17, 15) is 9.59 Å². The Balaban J connectivity index is 2.17. The summed E-state index contributed by atoms with van der Waals surface area (Å²) < 4.78 is 5.01. The number of hydrogen-bond donors (Lipinski definition) is 0. The van der Waals surface area contributed by atoms with E-state index in [4.69, 9.17) is 4.74 Å². The first kappa shape index (κ1) is 12.5. The zero-order valence-electron chi connectivity index (χ0n) is 9.36. The van der Waals surface area contributed by atoms with Gasteiger partial charge in [-0.15, -0.1) is 0 Å². The third-order valence-electron chi connectivity index (χ3n) is 2.21. The molecule has 0 aliphatic carbocycles. The summed E-state index contributed by atoms with van der Waals surface area (Å²) in [7, 11) is 0. The average molecular weight is 231 g/mol. The zero-order chi connectivity index (χ0) is 11.4. The van der Waals surface area contributed by atoms with Crippen molar-refractivity contribution in [2.45, 2.75) is 20.0 Å². The minimum atomic E-state index is -0.208. The lowest BCUT2D eigenvalue weighted by Gasteiger charge is -2.36. The number of thioether (sulfide) groups is 1. The third kappa shape index (κ3) is 3.83. The van der Waals surface area contributed by atoms with Gasteiger partial charge in [-0.05, 0) is 20.1 Å². The quantitative estimate of drug-likeness (QED) is 0.668. The minimum Gasteiger partial charge on any atom is -0.462 e. The van der Waals surface area contributed by atoms with Gasteiger partial charge in [0, 0.05) is 13.1 Å². The van der Waals surface area contributed by atoms with Crippen LogP contribution >= 0.6 is 11.8 Å². The van der Waals surface area contributed by atoms with Gasteiger partial charge in [0.15, 0.2) is 5.12 Å². The highest BCUT2D eigenvalue weighted by atomic mass is 32.2. The molecule has 0 aromatic carbocycles. The number of likely N-dealkylation sites (tertiary alicyclic amines) is 1. The SMILES string of the molecule is CSC(=O)C1CN(CC(=O)OC(C)C)C1. The van der Waals surface area contributed by atoms with Crippen LogP contribution in [0.25, 0.3) is 0 Å². The lowest BCUT2D eigenvalue weighted by atomic mass is 10.0. The Hall–Kier alpha value is -0.550. The molecule has 0 N–H and O–H groups in total. The second kappa shape index (κ2) is 5.51. The molecule has 5 heteroatoms. The fraction of sp³-hybridized carbons (Fsp3) is 0.800. The van der Waals surface area contributed by atoms with Gasteiger partial charge < -0.3 is 4.74 Å². The van der Waals surface area contributed by atoms with Crippen LogP contribution in [0.4, 0.5) is 0 Å². The van der Waals surface area contributed by atoms with Gasteiger partial charge in [-0.25, -0.2) is 0 Å². The molecule has 0 bridgehead atoms. The minimum absolute atomic E-state index is 0.0672. The van der Waals surface area contributed by atoms with Crippen molar-refractivity contribution in [2.75, 3.05) is 25.9 Å². The topological polar surface area (TPSA) is 46.6 Å². The second-order valence-electron chi connectivity index (χ2n) is 3.95. The van der Waals surface area contributed by atoms with Gasteiger partial charge in [-0.2, -0.15) is 0 Å². The molecule has 0 saturated carbocycles. The van der Waals surface area contributed by atoms with E-state index in [2.05, 4.69) is 0 Å². The standard InChI is InChI=1S/C10H17NO3S/c1-7(2)14-9(12)6-11-4-8(5-11)10(13)15-3/h7-8H,4-6H2,1-3H3. The Bertz CT molecular complexity index is 249. The molecular weight excluding hydrogens is 214 g/mol. The average Bonchev–Trinajstić information content (AvgIpc) is 2.08. The molecule has 0 amide bonds. The van der Waals surface area contributed by atoms with Crippen LogP contribution in [0.1, 0.15) is 13.8 Å². The third-order valence-corrected chi connectivity index (χ3v) is 2.95. The van der Waals surface area contributed by atoms with Crippen LogP contribution in [0.2, 0.25) is 0 Å². The summed E-state index contributed by atoms with van der Waals surface area (Å²) in [4.78, 5) is 24.4. The molecule has 0 unspecified atom stereocenters. The van der Waals surface area contributed by atoms with Crippen LogP contribution in [0, 0.1) is 5.92 Å². The predicted molar refractivity (Wildman–Crippen MR) is 59.7 cm³/mol. The van der Waals surface area contributed by atoms with Crippen molar-refractivity contribution in [1.29, 1.82) is 0 Å². The Morgan fingerprint density at radius 2 is 2.07 bits per heavy atom. The molecule has 0 radical (unpaired) electrons. The summed E-state index contributed by atoms with van der Waals surface area (Å²) in [6.07, 6.45) is 1.72. The van der Waals surface area contributed by atoms with E-state index in [-0.39, 0.29) is 23.1 Å². The zero-order valence-corrected chi connectivity index (χ0v) is 10.2. The summed E-state index contributed by atoms with van der Waals surface area (Å²) in [6, 6.07) is 0. The first-order chi connectivity index (χ1) is 7.02. The highest BCUT2D eigenvalue weighted by Gasteiger charge is 2.33. The van der Waals surface area contributed by atoms with Gasteiger partial charge >= 0.3 is 5.97 Å². The maximum absolute atomic E-state index is 11.2. The number of carbonyl (C=O) groups excluding carboxylic acids is 2. The number of carbonyl (C=O) groups is 2. The molecule has 1 rings (SSSR count). The van der Waals surface area contributed by atoms with Gasteiger partial charge in [0.2, 0.25) is 0 Å². The van der Waals surface area contributed by atoms with Crippen LogP contribution in [0.15, 0.2) is 0 Å². The van der Waals surface area contributed by atoms with Crippen LogP contribution in [0.5, 0.6) is 0 Å². The number of hydrogen-bond acceptors (Lipinski definition) is 5. The van der Waals surface area contributed by atoms with Gasteiger partial charge in [-0.3, -0.25) is 14.5 Å². The number of rotatable bonds is 4. The summed E-state index contributed by atoms with van der Waals surface area (Å²) in [5.74, 6) is -0.105. The highest BCUT2D eigenvalue weighted by molar-refractivity contribution is 8.13. The Kier molecular flexibility index (Phi) is 4.60.